The molecule has 0 spiro atoms. The van der Waals surface area contributed by atoms with Gasteiger partial charge in [0.2, 0.25) is 0 Å². The van der Waals surface area contributed by atoms with Crippen molar-refractivity contribution in [2.75, 3.05) is 13.2 Å². The Bertz CT molecular complexity index is 596. The highest BCUT2D eigenvalue weighted by Gasteiger charge is 2.57. The third-order valence-corrected chi connectivity index (χ3v) is 5.31. The highest BCUT2D eigenvalue weighted by molar-refractivity contribution is 5.35. The van der Waals surface area contributed by atoms with Crippen molar-refractivity contribution in [1.82, 2.24) is 4.90 Å². The van der Waals surface area contributed by atoms with E-state index in [1.807, 2.05) is 0 Å². The molecule has 3 atom stereocenters. The molecule has 0 saturated carbocycles. The van der Waals surface area contributed by atoms with Crippen LogP contribution in [0.2, 0.25) is 0 Å². The molecule has 120 valence electrons. The summed E-state index contributed by atoms with van der Waals surface area (Å²) in [7, 11) is 0. The number of ether oxygens (including phenoxy) is 1. The zero-order valence-corrected chi connectivity index (χ0v) is 13.9. The fourth-order valence-corrected chi connectivity index (χ4v) is 4.15. The molecule has 0 N–H and O–H groups in total. The topological polar surface area (TPSA) is 12.2 Å². The van der Waals surface area contributed by atoms with Gasteiger partial charge in [-0.3, -0.25) is 4.90 Å². The largest absolute Gasteiger partial charge is 0.381 e. The van der Waals surface area contributed by atoms with Crippen LogP contribution in [0, 0.1) is 11.8 Å². The molecule has 2 heterocycles. The van der Waals surface area contributed by atoms with E-state index in [1.165, 1.54) is 11.1 Å². The van der Waals surface area contributed by atoms with Crippen molar-refractivity contribution in [3.05, 3.63) is 71.8 Å². The summed E-state index contributed by atoms with van der Waals surface area (Å²) in [6.45, 7) is 6.57. The monoisotopic (exact) mass is 307 g/mol. The lowest BCUT2D eigenvalue weighted by Crippen LogP contribution is -2.35. The van der Waals surface area contributed by atoms with Crippen molar-refractivity contribution >= 4 is 0 Å². The third-order valence-electron chi connectivity index (χ3n) is 5.31. The van der Waals surface area contributed by atoms with E-state index in [2.05, 4.69) is 79.4 Å². The van der Waals surface area contributed by atoms with Crippen molar-refractivity contribution in [1.29, 1.82) is 0 Å². The first kappa shape index (κ1) is 14.9. The van der Waals surface area contributed by atoms with Crippen molar-refractivity contribution in [3.8, 4) is 0 Å². The highest BCUT2D eigenvalue weighted by Crippen LogP contribution is 2.49. The Morgan fingerprint density at radius 3 is 1.78 bits per heavy atom. The van der Waals surface area contributed by atoms with Crippen LogP contribution < -0.4 is 0 Å². The Labute approximate surface area is 139 Å². The SMILES string of the molecule is CC(C)[C@H]1[C@@H](C2COC2)N1C(c1ccccc1)c1ccccc1. The first-order chi connectivity index (χ1) is 11.3. The molecule has 0 radical (unpaired) electrons. The van der Waals surface area contributed by atoms with E-state index in [0.717, 1.165) is 13.2 Å². The second kappa shape index (κ2) is 6.10. The van der Waals surface area contributed by atoms with Gasteiger partial charge < -0.3 is 4.74 Å². The molecule has 1 unspecified atom stereocenters. The molecule has 0 amide bonds. The van der Waals surface area contributed by atoms with Crippen LogP contribution in [0.25, 0.3) is 0 Å². The summed E-state index contributed by atoms with van der Waals surface area (Å²) in [5, 5.41) is 0. The van der Waals surface area contributed by atoms with E-state index in [-0.39, 0.29) is 0 Å². The Balaban J connectivity index is 1.71. The Hall–Kier alpha value is -1.64. The fraction of sp³-hybridized carbons (Fsp3) is 0.429. The molecule has 23 heavy (non-hydrogen) atoms. The van der Waals surface area contributed by atoms with Crippen LogP contribution in [0.15, 0.2) is 60.7 Å². The van der Waals surface area contributed by atoms with Crippen LogP contribution in [0.3, 0.4) is 0 Å². The first-order valence-corrected chi connectivity index (χ1v) is 8.72. The van der Waals surface area contributed by atoms with Crippen LogP contribution in [-0.4, -0.2) is 30.2 Å². The second-order valence-electron chi connectivity index (χ2n) is 7.19. The average molecular weight is 307 g/mol. The lowest BCUT2D eigenvalue weighted by Gasteiger charge is -2.28. The zero-order valence-electron chi connectivity index (χ0n) is 13.9. The number of benzene rings is 2. The van der Waals surface area contributed by atoms with Crippen molar-refractivity contribution in [2.45, 2.75) is 32.0 Å². The summed E-state index contributed by atoms with van der Waals surface area (Å²) in [6.07, 6.45) is 0. The predicted molar refractivity (Wildman–Crippen MR) is 93.3 cm³/mol. The molecule has 0 aliphatic carbocycles. The van der Waals surface area contributed by atoms with E-state index in [1.54, 1.807) is 0 Å². The normalized spacial score (nSPS) is 27.2. The predicted octanol–water partition coefficient (Wildman–Crippen LogP) is 4.13. The highest BCUT2D eigenvalue weighted by atomic mass is 16.5. The minimum atomic E-state index is 0.357. The van der Waals surface area contributed by atoms with Gasteiger partial charge in [-0.05, 0) is 17.0 Å². The van der Waals surface area contributed by atoms with E-state index < -0.39 is 0 Å². The van der Waals surface area contributed by atoms with Crippen LogP contribution in [0.4, 0.5) is 0 Å². The minimum Gasteiger partial charge on any atom is -0.381 e. The van der Waals surface area contributed by atoms with Crippen LogP contribution in [0.1, 0.15) is 31.0 Å². The molecule has 2 heteroatoms. The molecule has 2 fully saturated rings. The van der Waals surface area contributed by atoms with Crippen molar-refractivity contribution in [2.24, 2.45) is 11.8 Å². The number of rotatable bonds is 5. The second-order valence-corrected chi connectivity index (χ2v) is 7.19. The molecular weight excluding hydrogens is 282 g/mol. The van der Waals surface area contributed by atoms with Crippen LogP contribution in [-0.2, 0) is 4.74 Å². The lowest BCUT2D eigenvalue weighted by atomic mass is 9.96. The van der Waals surface area contributed by atoms with Gasteiger partial charge in [0.25, 0.3) is 0 Å². The van der Waals surface area contributed by atoms with Gasteiger partial charge in [0.1, 0.15) is 0 Å². The summed E-state index contributed by atoms with van der Waals surface area (Å²) in [5.74, 6) is 1.38. The van der Waals surface area contributed by atoms with E-state index in [0.29, 0.717) is 30.0 Å². The van der Waals surface area contributed by atoms with E-state index >= 15 is 0 Å². The fourth-order valence-electron chi connectivity index (χ4n) is 4.15. The van der Waals surface area contributed by atoms with Crippen LogP contribution >= 0.6 is 0 Å². The van der Waals surface area contributed by atoms with Crippen molar-refractivity contribution < 1.29 is 4.74 Å². The van der Waals surface area contributed by atoms with Crippen LogP contribution in [0.5, 0.6) is 0 Å². The quantitative estimate of drug-likeness (QED) is 0.770. The van der Waals surface area contributed by atoms with Gasteiger partial charge in [-0.2, -0.15) is 0 Å². The van der Waals surface area contributed by atoms with Gasteiger partial charge in [0.05, 0.1) is 19.3 Å². The van der Waals surface area contributed by atoms with Crippen molar-refractivity contribution in [3.63, 3.8) is 0 Å². The molecule has 2 aromatic rings. The summed E-state index contributed by atoms with van der Waals surface area (Å²) in [5.41, 5.74) is 2.79. The maximum absolute atomic E-state index is 5.48. The first-order valence-electron chi connectivity index (χ1n) is 8.72. The summed E-state index contributed by atoms with van der Waals surface area (Å²) in [4.78, 5) is 2.72. The molecular formula is C21H25NO. The maximum atomic E-state index is 5.48. The molecule has 2 aliphatic heterocycles. The molecule has 0 bridgehead atoms. The molecule has 2 saturated heterocycles. The molecule has 2 aromatic carbocycles. The number of nitrogens with zero attached hydrogens (tertiary/aromatic N) is 1. The van der Waals surface area contributed by atoms with Gasteiger partial charge in [-0.15, -0.1) is 0 Å². The maximum Gasteiger partial charge on any atom is 0.0608 e. The number of hydrogen-bond donors (Lipinski definition) is 0. The Kier molecular flexibility index (Phi) is 3.96. The smallest absolute Gasteiger partial charge is 0.0608 e. The van der Waals surface area contributed by atoms with E-state index in [9.17, 15) is 0 Å². The zero-order chi connectivity index (χ0) is 15.8. The van der Waals surface area contributed by atoms with Gasteiger partial charge in [-0.25, -0.2) is 0 Å². The van der Waals surface area contributed by atoms with Gasteiger partial charge >= 0.3 is 0 Å². The van der Waals surface area contributed by atoms with E-state index in [4.69, 9.17) is 4.74 Å². The lowest BCUT2D eigenvalue weighted by molar-refractivity contribution is -0.0389. The summed E-state index contributed by atoms with van der Waals surface area (Å²) < 4.78 is 5.48. The Morgan fingerprint density at radius 2 is 1.39 bits per heavy atom. The summed E-state index contributed by atoms with van der Waals surface area (Å²) in [6, 6.07) is 23.6. The standard InChI is InChI=1S/C21H25NO/c1-15(2)19-21(18-13-23-14-18)22(19)20(16-9-5-3-6-10-16)17-11-7-4-8-12-17/h3-12,15,18-21H,13-14H2,1-2H3/t19-,21+,22?/m0/s1. The Morgan fingerprint density at radius 1 is 0.870 bits per heavy atom. The average Bonchev–Trinajstić information content (AvgIpc) is 3.23. The molecule has 0 aromatic heterocycles. The minimum absolute atomic E-state index is 0.357. The molecule has 2 aliphatic rings. The van der Waals surface area contributed by atoms with Gasteiger partial charge in [0.15, 0.2) is 0 Å². The number of hydrogen-bond acceptors (Lipinski definition) is 2. The summed E-state index contributed by atoms with van der Waals surface area (Å²) >= 11 is 0. The van der Waals surface area contributed by atoms with Gasteiger partial charge in [0, 0.05) is 18.0 Å². The molecule has 2 nitrogen and oxygen atoms in total. The molecule has 4 rings (SSSR count). The van der Waals surface area contributed by atoms with Gasteiger partial charge in [-0.1, -0.05) is 74.5 Å². The third kappa shape index (κ3) is 2.71.